The minimum absolute atomic E-state index is 0.0336. The van der Waals surface area contributed by atoms with Crippen LogP contribution in [0.3, 0.4) is 0 Å². The smallest absolute Gasteiger partial charge is 0.243 e. The van der Waals surface area contributed by atoms with E-state index in [1.54, 1.807) is 0 Å². The highest BCUT2D eigenvalue weighted by atomic mass is 35.5. The van der Waals surface area contributed by atoms with E-state index in [2.05, 4.69) is 10.3 Å². The first kappa shape index (κ1) is 15.8. The zero-order valence-electron chi connectivity index (χ0n) is 13.2. The molecular formula is C16H22ClN3O. The number of halogens is 1. The predicted molar refractivity (Wildman–Crippen MR) is 86.6 cm³/mol. The van der Waals surface area contributed by atoms with E-state index in [9.17, 15) is 4.79 Å². The van der Waals surface area contributed by atoms with Crippen molar-refractivity contribution >= 4 is 28.5 Å². The minimum atomic E-state index is -0.356. The number of nitrogens with zero attached hydrogens (tertiary/aromatic N) is 2. The van der Waals surface area contributed by atoms with Crippen LogP contribution in [0.5, 0.6) is 0 Å². The van der Waals surface area contributed by atoms with Gasteiger partial charge in [-0.1, -0.05) is 6.07 Å². The molecule has 0 aliphatic heterocycles. The maximum Gasteiger partial charge on any atom is 0.243 e. The average Bonchev–Trinajstić information content (AvgIpc) is 2.73. The maximum absolute atomic E-state index is 12.4. The summed E-state index contributed by atoms with van der Waals surface area (Å²) in [4.78, 5) is 17.0. The Kier molecular flexibility index (Phi) is 4.28. The van der Waals surface area contributed by atoms with Crippen LogP contribution < -0.4 is 5.32 Å². The molecule has 1 aromatic carbocycles. The predicted octanol–water partition coefficient (Wildman–Crippen LogP) is 3.56. The minimum Gasteiger partial charge on any atom is -0.350 e. The molecule has 1 N–H and O–H groups in total. The molecule has 0 saturated carbocycles. The van der Waals surface area contributed by atoms with Gasteiger partial charge in [-0.2, -0.15) is 0 Å². The standard InChI is InChI=1S/C16H22ClN3O/c1-10-6-7-13-12(8-10)18-14(9-17)20(13)11(2)15(21)19-16(3,4)5/h6-8,11H,9H2,1-5H3,(H,19,21). The highest BCUT2D eigenvalue weighted by Crippen LogP contribution is 2.24. The third-order valence-electron chi connectivity index (χ3n) is 3.30. The molecule has 0 fully saturated rings. The number of aryl methyl sites for hydroxylation is 1. The Balaban J connectivity index is 2.47. The monoisotopic (exact) mass is 307 g/mol. The summed E-state index contributed by atoms with van der Waals surface area (Å²) in [6.45, 7) is 9.80. The lowest BCUT2D eigenvalue weighted by Gasteiger charge is -2.24. The Morgan fingerprint density at radius 2 is 2.10 bits per heavy atom. The molecule has 114 valence electrons. The molecule has 1 heterocycles. The molecule has 0 bridgehead atoms. The number of carbonyl (C=O) groups excluding carboxylic acids is 1. The van der Waals surface area contributed by atoms with Gasteiger partial charge < -0.3 is 9.88 Å². The number of aromatic nitrogens is 2. The molecule has 1 atom stereocenters. The SMILES string of the molecule is Cc1ccc2c(c1)nc(CCl)n2C(C)C(=O)NC(C)(C)C. The summed E-state index contributed by atoms with van der Waals surface area (Å²) in [5.41, 5.74) is 2.69. The third-order valence-corrected chi connectivity index (χ3v) is 3.54. The van der Waals surface area contributed by atoms with Crippen LogP contribution in [-0.2, 0) is 10.7 Å². The Morgan fingerprint density at radius 1 is 1.43 bits per heavy atom. The Labute approximate surface area is 130 Å². The number of hydrogen-bond donors (Lipinski definition) is 1. The topological polar surface area (TPSA) is 46.9 Å². The fourth-order valence-electron chi connectivity index (χ4n) is 2.38. The number of benzene rings is 1. The van der Waals surface area contributed by atoms with Crippen LogP contribution >= 0.6 is 11.6 Å². The van der Waals surface area contributed by atoms with Gasteiger partial charge in [0.05, 0.1) is 16.9 Å². The van der Waals surface area contributed by atoms with Crippen LogP contribution in [0.25, 0.3) is 11.0 Å². The highest BCUT2D eigenvalue weighted by Gasteiger charge is 2.24. The lowest BCUT2D eigenvalue weighted by Crippen LogP contribution is -2.44. The number of amides is 1. The first-order valence-electron chi connectivity index (χ1n) is 7.08. The summed E-state index contributed by atoms with van der Waals surface area (Å²) in [5.74, 6) is 0.962. The second kappa shape index (κ2) is 5.68. The van der Waals surface area contributed by atoms with E-state index in [0.717, 1.165) is 16.6 Å². The quantitative estimate of drug-likeness (QED) is 0.881. The van der Waals surface area contributed by atoms with E-state index in [4.69, 9.17) is 11.6 Å². The van der Waals surface area contributed by atoms with Crippen LogP contribution in [0, 0.1) is 6.92 Å². The molecule has 1 unspecified atom stereocenters. The molecule has 21 heavy (non-hydrogen) atoms. The molecule has 2 aromatic rings. The number of imidazole rings is 1. The number of rotatable bonds is 3. The van der Waals surface area contributed by atoms with E-state index in [-0.39, 0.29) is 23.4 Å². The van der Waals surface area contributed by atoms with Crippen molar-refractivity contribution in [3.05, 3.63) is 29.6 Å². The molecule has 2 rings (SSSR count). The van der Waals surface area contributed by atoms with Crippen molar-refractivity contribution in [1.82, 2.24) is 14.9 Å². The summed E-state index contributed by atoms with van der Waals surface area (Å²) in [6.07, 6.45) is 0. The van der Waals surface area contributed by atoms with Crippen LogP contribution in [0.15, 0.2) is 18.2 Å². The molecular weight excluding hydrogens is 286 g/mol. The highest BCUT2D eigenvalue weighted by molar-refractivity contribution is 6.17. The first-order valence-corrected chi connectivity index (χ1v) is 7.62. The van der Waals surface area contributed by atoms with Crippen molar-refractivity contribution in [3.63, 3.8) is 0 Å². The molecule has 0 radical (unpaired) electrons. The van der Waals surface area contributed by atoms with Gasteiger partial charge in [-0.25, -0.2) is 4.98 Å². The van der Waals surface area contributed by atoms with E-state index in [0.29, 0.717) is 5.82 Å². The molecule has 5 heteroatoms. The fraction of sp³-hybridized carbons (Fsp3) is 0.500. The van der Waals surface area contributed by atoms with Crippen LogP contribution in [0.4, 0.5) is 0 Å². The van der Waals surface area contributed by atoms with Gasteiger partial charge in [0.1, 0.15) is 11.9 Å². The van der Waals surface area contributed by atoms with Gasteiger partial charge in [0, 0.05) is 5.54 Å². The van der Waals surface area contributed by atoms with Crippen LogP contribution in [-0.4, -0.2) is 21.0 Å². The van der Waals surface area contributed by atoms with E-state index >= 15 is 0 Å². The van der Waals surface area contributed by atoms with Crippen molar-refractivity contribution in [3.8, 4) is 0 Å². The summed E-state index contributed by atoms with van der Waals surface area (Å²) < 4.78 is 1.92. The first-order chi connectivity index (χ1) is 9.73. The largest absolute Gasteiger partial charge is 0.350 e. The molecule has 0 aliphatic rings. The normalized spacial score (nSPS) is 13.4. The Morgan fingerprint density at radius 3 is 2.67 bits per heavy atom. The van der Waals surface area contributed by atoms with Gasteiger partial charge in [-0.15, -0.1) is 11.6 Å². The van der Waals surface area contributed by atoms with Gasteiger partial charge in [-0.3, -0.25) is 4.79 Å². The Bertz CT molecular complexity index is 670. The zero-order chi connectivity index (χ0) is 15.8. The van der Waals surface area contributed by atoms with Gasteiger partial charge in [0.25, 0.3) is 0 Å². The molecule has 1 aromatic heterocycles. The Hall–Kier alpha value is -1.55. The van der Waals surface area contributed by atoms with Crippen LogP contribution in [0.2, 0.25) is 0 Å². The molecule has 0 aliphatic carbocycles. The molecule has 1 amide bonds. The van der Waals surface area contributed by atoms with E-state index in [1.807, 2.05) is 57.4 Å². The molecule has 4 nitrogen and oxygen atoms in total. The van der Waals surface area contributed by atoms with Crippen molar-refractivity contribution in [2.45, 2.75) is 52.1 Å². The van der Waals surface area contributed by atoms with Crippen molar-refractivity contribution in [1.29, 1.82) is 0 Å². The zero-order valence-corrected chi connectivity index (χ0v) is 14.0. The van der Waals surface area contributed by atoms with Gasteiger partial charge in [0.15, 0.2) is 0 Å². The lowest BCUT2D eigenvalue weighted by atomic mass is 10.1. The van der Waals surface area contributed by atoms with Gasteiger partial charge in [-0.05, 0) is 52.3 Å². The molecule has 0 saturated heterocycles. The molecule has 0 spiro atoms. The second-order valence-electron chi connectivity index (χ2n) is 6.44. The number of fused-ring (bicyclic) bond motifs is 1. The summed E-state index contributed by atoms with van der Waals surface area (Å²) in [5, 5.41) is 3.00. The summed E-state index contributed by atoms with van der Waals surface area (Å²) in [7, 11) is 0. The third kappa shape index (κ3) is 3.38. The number of hydrogen-bond acceptors (Lipinski definition) is 2. The van der Waals surface area contributed by atoms with E-state index < -0.39 is 0 Å². The number of nitrogens with one attached hydrogen (secondary N) is 1. The number of alkyl halides is 1. The number of carbonyl (C=O) groups is 1. The van der Waals surface area contributed by atoms with Gasteiger partial charge >= 0.3 is 0 Å². The summed E-state index contributed by atoms with van der Waals surface area (Å²) >= 11 is 6.01. The van der Waals surface area contributed by atoms with Crippen molar-refractivity contribution < 1.29 is 4.79 Å². The van der Waals surface area contributed by atoms with Crippen molar-refractivity contribution in [2.24, 2.45) is 0 Å². The fourth-order valence-corrected chi connectivity index (χ4v) is 2.56. The van der Waals surface area contributed by atoms with Crippen LogP contribution in [0.1, 0.15) is 45.1 Å². The van der Waals surface area contributed by atoms with E-state index in [1.165, 1.54) is 0 Å². The second-order valence-corrected chi connectivity index (χ2v) is 6.71. The lowest BCUT2D eigenvalue weighted by molar-refractivity contribution is -0.125. The van der Waals surface area contributed by atoms with Gasteiger partial charge in [0.2, 0.25) is 5.91 Å². The van der Waals surface area contributed by atoms with Crippen molar-refractivity contribution in [2.75, 3.05) is 0 Å². The maximum atomic E-state index is 12.4. The average molecular weight is 308 g/mol. The summed E-state index contributed by atoms with van der Waals surface area (Å²) in [6, 6.07) is 5.67.